The second-order valence-electron chi connectivity index (χ2n) is 5.45. The van der Waals surface area contributed by atoms with E-state index < -0.39 is 5.97 Å². The third-order valence-electron chi connectivity index (χ3n) is 3.17. The van der Waals surface area contributed by atoms with Crippen LogP contribution in [0.3, 0.4) is 0 Å². The third-order valence-corrected chi connectivity index (χ3v) is 4.70. The molecule has 1 aromatic rings. The average molecular weight is 329 g/mol. The molecular weight excluding hydrogens is 312 g/mol. The van der Waals surface area contributed by atoms with Gasteiger partial charge in [0.25, 0.3) is 0 Å². The first kappa shape index (κ1) is 16.0. The first-order chi connectivity index (χ1) is 9.78. The highest BCUT2D eigenvalue weighted by Gasteiger charge is 2.30. The van der Waals surface area contributed by atoms with Gasteiger partial charge in [0, 0.05) is 28.6 Å². The summed E-state index contributed by atoms with van der Waals surface area (Å²) >= 11 is 7.62. The van der Waals surface area contributed by atoms with Crippen LogP contribution in [-0.2, 0) is 0 Å². The van der Waals surface area contributed by atoms with Crippen LogP contribution in [-0.4, -0.2) is 45.6 Å². The molecule has 1 fully saturated rings. The lowest BCUT2D eigenvalue weighted by molar-refractivity contribution is 0.0698. The number of aromatic carboxylic acids is 1. The monoisotopic (exact) mass is 328 g/mol. The van der Waals surface area contributed by atoms with Crippen molar-refractivity contribution in [1.29, 1.82) is 0 Å². The van der Waals surface area contributed by atoms with Crippen molar-refractivity contribution in [2.75, 3.05) is 24.2 Å². The number of urea groups is 1. The van der Waals surface area contributed by atoms with E-state index in [1.165, 1.54) is 12.1 Å². The zero-order chi connectivity index (χ0) is 15.6. The lowest BCUT2D eigenvalue weighted by atomic mass is 10.1. The van der Waals surface area contributed by atoms with Gasteiger partial charge in [-0.1, -0.05) is 11.6 Å². The van der Waals surface area contributed by atoms with E-state index >= 15 is 0 Å². The summed E-state index contributed by atoms with van der Waals surface area (Å²) in [6.07, 6.45) is 0. The Labute approximate surface area is 132 Å². The van der Waals surface area contributed by atoms with Crippen molar-refractivity contribution in [3.63, 3.8) is 0 Å². The molecule has 2 N–H and O–H groups in total. The van der Waals surface area contributed by atoms with Gasteiger partial charge in [-0.15, -0.1) is 0 Å². The largest absolute Gasteiger partial charge is 0.478 e. The topological polar surface area (TPSA) is 69.6 Å². The predicted octanol–water partition coefficient (Wildman–Crippen LogP) is 3.40. The van der Waals surface area contributed by atoms with Crippen LogP contribution in [0.5, 0.6) is 0 Å². The van der Waals surface area contributed by atoms with Gasteiger partial charge in [0.15, 0.2) is 0 Å². The quantitative estimate of drug-likeness (QED) is 0.873. The molecule has 1 aromatic carbocycles. The minimum Gasteiger partial charge on any atom is -0.478 e. The Morgan fingerprint density at radius 2 is 2.14 bits per heavy atom. The molecule has 0 unspecified atom stereocenters. The van der Waals surface area contributed by atoms with Crippen LogP contribution in [0.25, 0.3) is 0 Å². The van der Waals surface area contributed by atoms with Crippen molar-refractivity contribution in [2.24, 2.45) is 0 Å². The van der Waals surface area contributed by atoms with Gasteiger partial charge >= 0.3 is 12.0 Å². The Kier molecular flexibility index (Phi) is 4.68. The van der Waals surface area contributed by atoms with Crippen LogP contribution in [0, 0.1) is 0 Å². The van der Waals surface area contributed by atoms with E-state index in [2.05, 4.69) is 19.2 Å². The van der Waals surface area contributed by atoms with Crippen molar-refractivity contribution in [3.8, 4) is 0 Å². The number of halogens is 1. The van der Waals surface area contributed by atoms with Crippen molar-refractivity contribution in [2.45, 2.75) is 18.6 Å². The highest BCUT2D eigenvalue weighted by atomic mass is 35.5. The number of carbonyl (C=O) groups excluding carboxylic acids is 1. The van der Waals surface area contributed by atoms with E-state index in [-0.39, 0.29) is 22.0 Å². The molecule has 1 aliphatic heterocycles. The summed E-state index contributed by atoms with van der Waals surface area (Å²) in [4.78, 5) is 25.2. The Morgan fingerprint density at radius 3 is 2.76 bits per heavy atom. The standard InChI is InChI=1S/C14H17ClN2O3S/c1-14(2)8-17(5-6-21-14)13(20)16-11-4-3-9(15)7-10(11)12(18)19/h3-4,7H,5-6,8H2,1-2H3,(H,16,20)(H,18,19). The highest BCUT2D eigenvalue weighted by molar-refractivity contribution is 8.00. The highest BCUT2D eigenvalue weighted by Crippen LogP contribution is 2.30. The van der Waals surface area contributed by atoms with E-state index in [1.807, 2.05) is 11.8 Å². The Hall–Kier alpha value is -1.40. The fraction of sp³-hybridized carbons (Fsp3) is 0.429. The summed E-state index contributed by atoms with van der Waals surface area (Å²) in [7, 11) is 0. The molecule has 2 rings (SSSR count). The number of nitrogens with one attached hydrogen (secondary N) is 1. The normalized spacial score (nSPS) is 17.4. The Balaban J connectivity index is 2.14. The summed E-state index contributed by atoms with van der Waals surface area (Å²) in [6, 6.07) is 4.11. The molecule has 0 radical (unpaired) electrons. The molecule has 0 saturated carbocycles. The molecule has 1 saturated heterocycles. The SMILES string of the molecule is CC1(C)CN(C(=O)Nc2ccc(Cl)cc2C(=O)O)CCS1. The van der Waals surface area contributed by atoms with Gasteiger partial charge < -0.3 is 15.3 Å². The number of hydrogen-bond acceptors (Lipinski definition) is 3. The van der Waals surface area contributed by atoms with Crippen LogP contribution < -0.4 is 5.32 Å². The van der Waals surface area contributed by atoms with E-state index in [0.29, 0.717) is 18.1 Å². The van der Waals surface area contributed by atoms with Crippen molar-refractivity contribution < 1.29 is 14.7 Å². The molecule has 7 heteroatoms. The molecule has 0 atom stereocenters. The van der Waals surface area contributed by atoms with Crippen LogP contribution in [0.2, 0.25) is 5.02 Å². The number of carboxylic acid groups (broad SMARTS) is 1. The van der Waals surface area contributed by atoms with Gasteiger partial charge in [-0.25, -0.2) is 9.59 Å². The predicted molar refractivity (Wildman–Crippen MR) is 85.5 cm³/mol. The van der Waals surface area contributed by atoms with E-state index in [4.69, 9.17) is 16.7 Å². The number of carboxylic acids is 1. The van der Waals surface area contributed by atoms with Gasteiger partial charge in [0.05, 0.1) is 11.3 Å². The third kappa shape index (κ3) is 4.04. The summed E-state index contributed by atoms with van der Waals surface area (Å²) < 4.78 is 0.00517. The van der Waals surface area contributed by atoms with E-state index in [9.17, 15) is 9.59 Å². The van der Waals surface area contributed by atoms with Gasteiger partial charge in [-0.05, 0) is 32.0 Å². The number of anilines is 1. The molecule has 114 valence electrons. The second-order valence-corrected chi connectivity index (χ2v) is 7.69. The van der Waals surface area contributed by atoms with Crippen molar-refractivity contribution in [3.05, 3.63) is 28.8 Å². The molecule has 5 nitrogen and oxygen atoms in total. The average Bonchev–Trinajstić information content (AvgIpc) is 2.39. The maximum absolute atomic E-state index is 12.3. The van der Waals surface area contributed by atoms with Crippen LogP contribution in [0.4, 0.5) is 10.5 Å². The van der Waals surface area contributed by atoms with Crippen LogP contribution >= 0.6 is 23.4 Å². The minimum atomic E-state index is -1.12. The molecule has 0 bridgehead atoms. The van der Waals surface area contributed by atoms with Crippen LogP contribution in [0.1, 0.15) is 24.2 Å². The molecule has 21 heavy (non-hydrogen) atoms. The van der Waals surface area contributed by atoms with Gasteiger partial charge in [-0.3, -0.25) is 0 Å². The van der Waals surface area contributed by atoms with Gasteiger partial charge in [-0.2, -0.15) is 11.8 Å². The second kappa shape index (κ2) is 6.15. The first-order valence-corrected chi connectivity index (χ1v) is 7.87. The lowest BCUT2D eigenvalue weighted by Crippen LogP contribution is -2.47. The summed E-state index contributed by atoms with van der Waals surface area (Å²) in [5.74, 6) is -0.255. The number of rotatable bonds is 2. The fourth-order valence-corrected chi connectivity index (χ4v) is 3.47. The maximum atomic E-state index is 12.3. The molecular formula is C14H17ClN2O3S. The zero-order valence-electron chi connectivity index (χ0n) is 11.9. The van der Waals surface area contributed by atoms with E-state index in [1.54, 1.807) is 11.0 Å². The summed E-state index contributed by atoms with van der Waals surface area (Å²) in [5.41, 5.74) is 0.245. The molecule has 1 heterocycles. The lowest BCUT2D eigenvalue weighted by Gasteiger charge is -2.37. The summed E-state index contributed by atoms with van der Waals surface area (Å²) in [5, 5.41) is 12.2. The number of amides is 2. The number of hydrogen-bond donors (Lipinski definition) is 2. The maximum Gasteiger partial charge on any atom is 0.337 e. The Morgan fingerprint density at radius 1 is 1.43 bits per heavy atom. The van der Waals surface area contributed by atoms with Gasteiger partial charge in [0.2, 0.25) is 0 Å². The molecule has 0 spiro atoms. The minimum absolute atomic E-state index is 0.00517. The molecule has 2 amide bonds. The molecule has 1 aliphatic rings. The Bertz CT molecular complexity index is 577. The van der Waals surface area contributed by atoms with Gasteiger partial charge in [0.1, 0.15) is 0 Å². The van der Waals surface area contributed by atoms with Crippen molar-refractivity contribution in [1.82, 2.24) is 4.90 Å². The number of carbonyl (C=O) groups is 2. The molecule has 0 aliphatic carbocycles. The number of thioether (sulfide) groups is 1. The fourth-order valence-electron chi connectivity index (χ4n) is 2.19. The smallest absolute Gasteiger partial charge is 0.337 e. The number of benzene rings is 1. The van der Waals surface area contributed by atoms with E-state index in [0.717, 1.165) is 5.75 Å². The number of nitrogens with zero attached hydrogens (tertiary/aromatic N) is 1. The van der Waals surface area contributed by atoms with Crippen molar-refractivity contribution >= 4 is 41.1 Å². The molecule has 0 aromatic heterocycles. The van der Waals surface area contributed by atoms with Crippen LogP contribution in [0.15, 0.2) is 18.2 Å². The first-order valence-electron chi connectivity index (χ1n) is 6.51. The zero-order valence-corrected chi connectivity index (χ0v) is 13.4. The summed E-state index contributed by atoms with van der Waals surface area (Å²) in [6.45, 7) is 5.44.